The largest absolute Gasteiger partial charge is 0.311 e. The van der Waals surface area contributed by atoms with Crippen LogP contribution in [0.4, 0.5) is 10.7 Å². The molecule has 2 amide bonds. The lowest BCUT2D eigenvalue weighted by molar-refractivity contribution is -0.118. The molecule has 1 aliphatic carbocycles. The minimum absolute atomic E-state index is 0.138. The van der Waals surface area contributed by atoms with Crippen LogP contribution < -0.4 is 10.3 Å². The van der Waals surface area contributed by atoms with Crippen LogP contribution >= 0.6 is 11.3 Å². The highest BCUT2D eigenvalue weighted by Crippen LogP contribution is 2.39. The molecule has 142 valence electrons. The number of anilines is 2. The highest BCUT2D eigenvalue weighted by atomic mass is 32.1. The number of nitrogens with zero attached hydrogens (tertiary/aromatic N) is 3. The summed E-state index contributed by atoms with van der Waals surface area (Å²) < 4.78 is 0. The number of para-hydroxylation sites is 1. The molecule has 7 heteroatoms. The quantitative estimate of drug-likeness (QED) is 0.860. The molecule has 1 aromatic heterocycles. The lowest BCUT2D eigenvalue weighted by Gasteiger charge is -2.23. The normalized spacial score (nSPS) is 18.9. The second kappa shape index (κ2) is 7.56. The maximum atomic E-state index is 12.8. The number of benzene rings is 1. The van der Waals surface area contributed by atoms with Crippen molar-refractivity contribution >= 4 is 39.6 Å². The molecule has 0 spiro atoms. The molecule has 1 N–H and O–H groups in total. The van der Waals surface area contributed by atoms with Gasteiger partial charge in [-0.15, -0.1) is 11.3 Å². The van der Waals surface area contributed by atoms with Gasteiger partial charge in [0.05, 0.1) is 11.3 Å². The van der Waals surface area contributed by atoms with Gasteiger partial charge in [-0.05, 0) is 42.9 Å². The molecule has 6 nitrogen and oxygen atoms in total. The summed E-state index contributed by atoms with van der Waals surface area (Å²) in [5.41, 5.74) is 2.59. The van der Waals surface area contributed by atoms with E-state index in [9.17, 15) is 14.9 Å². The zero-order valence-corrected chi connectivity index (χ0v) is 16.4. The van der Waals surface area contributed by atoms with E-state index in [2.05, 4.69) is 23.4 Å². The summed E-state index contributed by atoms with van der Waals surface area (Å²) in [6.45, 7) is 2.21. The number of rotatable bonds is 3. The Balaban J connectivity index is 1.59. The first-order valence-corrected chi connectivity index (χ1v) is 10.2. The minimum Gasteiger partial charge on any atom is -0.311 e. The third kappa shape index (κ3) is 3.43. The first kappa shape index (κ1) is 18.4. The molecule has 2 aromatic rings. The van der Waals surface area contributed by atoms with Gasteiger partial charge in [0.2, 0.25) is 5.91 Å². The highest BCUT2D eigenvalue weighted by Gasteiger charge is 2.28. The summed E-state index contributed by atoms with van der Waals surface area (Å²) in [5.74, 6) is 0.104. The van der Waals surface area contributed by atoms with Crippen molar-refractivity contribution in [1.29, 1.82) is 5.26 Å². The molecular formula is C21H20N4O2S. The van der Waals surface area contributed by atoms with Crippen molar-refractivity contribution in [3.8, 4) is 6.07 Å². The summed E-state index contributed by atoms with van der Waals surface area (Å²) in [7, 11) is 0. The molecule has 2 heterocycles. The Bertz CT molecular complexity index is 1000. The zero-order valence-electron chi connectivity index (χ0n) is 15.6. The molecule has 1 atom stereocenters. The van der Waals surface area contributed by atoms with Gasteiger partial charge in [-0.1, -0.05) is 25.1 Å². The topological polar surface area (TPSA) is 85.6 Å². The van der Waals surface area contributed by atoms with E-state index in [0.717, 1.165) is 24.8 Å². The third-order valence-electron chi connectivity index (χ3n) is 5.15. The molecule has 0 saturated carbocycles. The highest BCUT2D eigenvalue weighted by molar-refractivity contribution is 7.16. The molecule has 0 radical (unpaired) electrons. The van der Waals surface area contributed by atoms with Crippen LogP contribution in [0.5, 0.6) is 0 Å². The summed E-state index contributed by atoms with van der Waals surface area (Å²) in [5, 5.41) is 18.6. The Morgan fingerprint density at radius 1 is 1.29 bits per heavy atom. The third-order valence-corrected chi connectivity index (χ3v) is 6.32. The van der Waals surface area contributed by atoms with Gasteiger partial charge in [-0.3, -0.25) is 9.59 Å². The fraction of sp³-hybridized carbons (Fsp3) is 0.333. The molecular weight excluding hydrogens is 372 g/mol. The van der Waals surface area contributed by atoms with Crippen molar-refractivity contribution in [3.63, 3.8) is 0 Å². The molecule has 0 fully saturated rings. The van der Waals surface area contributed by atoms with E-state index in [1.807, 2.05) is 18.2 Å². The Labute approximate surface area is 167 Å². The molecule has 0 bridgehead atoms. The minimum atomic E-state index is -0.350. The molecule has 1 unspecified atom stereocenters. The lowest BCUT2D eigenvalue weighted by Crippen LogP contribution is -2.36. The summed E-state index contributed by atoms with van der Waals surface area (Å²) in [4.78, 5) is 26.2. The Hall–Kier alpha value is -2.98. The second-order valence-corrected chi connectivity index (χ2v) is 8.31. The van der Waals surface area contributed by atoms with E-state index in [4.69, 9.17) is 0 Å². The van der Waals surface area contributed by atoms with Crippen LogP contribution in [-0.2, 0) is 22.4 Å². The van der Waals surface area contributed by atoms with Gasteiger partial charge in [0.15, 0.2) is 0 Å². The fourth-order valence-corrected chi connectivity index (χ4v) is 4.98. The second-order valence-electron chi connectivity index (χ2n) is 7.21. The predicted octanol–water partition coefficient (Wildman–Crippen LogP) is 3.87. The summed E-state index contributed by atoms with van der Waals surface area (Å²) in [6, 6.07) is 11.3. The van der Waals surface area contributed by atoms with Gasteiger partial charge >= 0.3 is 0 Å². The molecule has 1 aromatic carbocycles. The predicted molar refractivity (Wildman–Crippen MR) is 109 cm³/mol. The number of hydrogen-bond donors (Lipinski definition) is 1. The van der Waals surface area contributed by atoms with Gasteiger partial charge in [0.25, 0.3) is 5.91 Å². The van der Waals surface area contributed by atoms with Crippen LogP contribution in [0, 0.1) is 17.2 Å². The number of carbonyl (C=O) groups is 2. The SMILES string of the molecule is CC1CCc2c(sc(NC(=O)C3=NN(c4ccccc4)C(=O)CC3)c2C#N)C1. The number of nitrogens with one attached hydrogen (secondary N) is 1. The number of hydrazone groups is 1. The summed E-state index contributed by atoms with van der Waals surface area (Å²) >= 11 is 1.49. The maximum absolute atomic E-state index is 12.8. The van der Waals surface area contributed by atoms with E-state index in [1.54, 1.807) is 12.1 Å². The van der Waals surface area contributed by atoms with Crippen molar-refractivity contribution in [3.05, 3.63) is 46.3 Å². The Kier molecular flexibility index (Phi) is 4.97. The van der Waals surface area contributed by atoms with Crippen LogP contribution in [0.25, 0.3) is 0 Å². The molecule has 2 aliphatic rings. The van der Waals surface area contributed by atoms with Crippen molar-refractivity contribution < 1.29 is 9.59 Å². The Morgan fingerprint density at radius 3 is 2.82 bits per heavy atom. The lowest BCUT2D eigenvalue weighted by atomic mass is 9.88. The van der Waals surface area contributed by atoms with Crippen LogP contribution in [-0.4, -0.2) is 17.5 Å². The average molecular weight is 392 g/mol. The van der Waals surface area contributed by atoms with E-state index in [0.29, 0.717) is 27.9 Å². The van der Waals surface area contributed by atoms with E-state index >= 15 is 0 Å². The fourth-order valence-electron chi connectivity index (χ4n) is 3.62. The van der Waals surface area contributed by atoms with Gasteiger partial charge in [0, 0.05) is 17.7 Å². The van der Waals surface area contributed by atoms with Gasteiger partial charge in [-0.2, -0.15) is 10.4 Å². The number of amides is 2. The number of carbonyl (C=O) groups excluding carboxylic acids is 2. The number of hydrogen-bond acceptors (Lipinski definition) is 5. The van der Waals surface area contributed by atoms with Crippen molar-refractivity contribution in [2.75, 3.05) is 10.3 Å². The average Bonchev–Trinajstić information content (AvgIpc) is 3.04. The zero-order chi connectivity index (χ0) is 19.7. The maximum Gasteiger partial charge on any atom is 0.272 e. The monoisotopic (exact) mass is 392 g/mol. The van der Waals surface area contributed by atoms with Crippen molar-refractivity contribution in [2.45, 2.75) is 39.0 Å². The van der Waals surface area contributed by atoms with Crippen LogP contribution in [0.2, 0.25) is 0 Å². The first-order valence-electron chi connectivity index (χ1n) is 9.38. The van der Waals surface area contributed by atoms with Gasteiger partial charge in [-0.25, -0.2) is 5.01 Å². The molecule has 1 aliphatic heterocycles. The van der Waals surface area contributed by atoms with Crippen LogP contribution in [0.3, 0.4) is 0 Å². The number of fused-ring (bicyclic) bond motifs is 1. The molecule has 28 heavy (non-hydrogen) atoms. The van der Waals surface area contributed by atoms with E-state index in [-0.39, 0.29) is 24.7 Å². The van der Waals surface area contributed by atoms with Crippen LogP contribution in [0.1, 0.15) is 42.2 Å². The van der Waals surface area contributed by atoms with Crippen LogP contribution in [0.15, 0.2) is 35.4 Å². The van der Waals surface area contributed by atoms with E-state index < -0.39 is 0 Å². The molecule has 4 rings (SSSR count). The summed E-state index contributed by atoms with van der Waals surface area (Å²) in [6.07, 6.45) is 3.40. The van der Waals surface area contributed by atoms with Gasteiger partial charge < -0.3 is 5.32 Å². The van der Waals surface area contributed by atoms with E-state index in [1.165, 1.54) is 21.2 Å². The standard InChI is InChI=1S/C21H20N4O2S/c1-13-7-8-15-16(12-22)21(28-18(15)11-13)23-20(27)17-9-10-19(26)25(24-17)14-5-3-2-4-6-14/h2-6,13H,7-11H2,1H3,(H,23,27). The van der Waals surface area contributed by atoms with Gasteiger partial charge in [0.1, 0.15) is 16.8 Å². The van der Waals surface area contributed by atoms with Crippen molar-refractivity contribution in [2.24, 2.45) is 11.0 Å². The van der Waals surface area contributed by atoms with Crippen molar-refractivity contribution in [1.82, 2.24) is 0 Å². The number of thiophene rings is 1. The Morgan fingerprint density at radius 2 is 2.07 bits per heavy atom. The first-order chi connectivity index (χ1) is 13.6. The smallest absolute Gasteiger partial charge is 0.272 e. The molecule has 0 saturated heterocycles. The number of nitriles is 1.